The largest absolute Gasteiger partial charge is 0.496 e. The lowest BCUT2D eigenvalue weighted by Crippen LogP contribution is -2.41. The van der Waals surface area contributed by atoms with Gasteiger partial charge in [-0.2, -0.15) is 0 Å². The van der Waals surface area contributed by atoms with Gasteiger partial charge in [0.05, 0.1) is 13.2 Å². The molecule has 1 saturated heterocycles. The number of hydrogen-bond acceptors (Lipinski definition) is 4. The third-order valence-electron chi connectivity index (χ3n) is 3.85. The minimum Gasteiger partial charge on any atom is -0.496 e. The Kier molecular flexibility index (Phi) is 5.14. The normalized spacial score (nSPS) is 18.5. The molecule has 3 N–H and O–H groups in total. The molecule has 1 fully saturated rings. The molecule has 2 rings (SSSR count). The third kappa shape index (κ3) is 3.51. The second-order valence-corrected chi connectivity index (χ2v) is 5.57. The van der Waals surface area contributed by atoms with Gasteiger partial charge in [-0.15, -0.1) is 0 Å². The van der Waals surface area contributed by atoms with E-state index < -0.39 is 0 Å². The van der Waals surface area contributed by atoms with Crippen LogP contribution in [0.25, 0.3) is 0 Å². The molecule has 0 saturated carbocycles. The van der Waals surface area contributed by atoms with E-state index in [0.29, 0.717) is 11.5 Å². The van der Waals surface area contributed by atoms with E-state index in [-0.39, 0.29) is 11.9 Å². The van der Waals surface area contributed by atoms with Crippen molar-refractivity contribution in [3.05, 3.63) is 29.3 Å². The van der Waals surface area contributed by atoms with E-state index in [0.717, 1.165) is 36.3 Å². The van der Waals surface area contributed by atoms with Crippen LogP contribution in [-0.4, -0.2) is 42.5 Å². The number of amides is 1. The SMILES string of the molecule is CNC(=O)C1CCCN1Cc1cc(C(N)=S)ccc1OC. The average molecular weight is 307 g/mol. The van der Waals surface area contributed by atoms with Gasteiger partial charge in [-0.1, -0.05) is 12.2 Å². The molecule has 0 radical (unpaired) electrons. The standard InChI is InChI=1S/C15H21N3O2S/c1-17-15(19)12-4-3-7-18(12)9-11-8-10(14(16)21)5-6-13(11)20-2/h5-6,8,12H,3-4,7,9H2,1-2H3,(H2,16,21)(H,17,19). The fourth-order valence-electron chi connectivity index (χ4n) is 2.75. The molecule has 1 aromatic rings. The van der Waals surface area contributed by atoms with Crippen molar-refractivity contribution in [1.29, 1.82) is 0 Å². The Bertz CT molecular complexity index is 548. The highest BCUT2D eigenvalue weighted by molar-refractivity contribution is 7.80. The summed E-state index contributed by atoms with van der Waals surface area (Å²) in [5.41, 5.74) is 7.51. The van der Waals surface area contributed by atoms with Crippen LogP contribution in [0.5, 0.6) is 5.75 Å². The molecule has 0 aliphatic carbocycles. The first-order valence-corrected chi connectivity index (χ1v) is 7.40. The molecule has 1 unspecified atom stereocenters. The fourth-order valence-corrected chi connectivity index (χ4v) is 2.88. The number of likely N-dealkylation sites (tertiary alicyclic amines) is 1. The van der Waals surface area contributed by atoms with Gasteiger partial charge in [0.15, 0.2) is 0 Å². The average Bonchev–Trinajstić information content (AvgIpc) is 2.94. The number of nitrogens with zero attached hydrogens (tertiary/aromatic N) is 1. The molecule has 1 aromatic carbocycles. The molecular weight excluding hydrogens is 286 g/mol. The number of ether oxygens (including phenoxy) is 1. The Morgan fingerprint density at radius 3 is 2.95 bits per heavy atom. The number of methoxy groups -OCH3 is 1. The van der Waals surface area contributed by atoms with Crippen molar-refractivity contribution in [3.8, 4) is 5.75 Å². The highest BCUT2D eigenvalue weighted by Gasteiger charge is 2.30. The molecule has 5 nitrogen and oxygen atoms in total. The number of likely N-dealkylation sites (N-methyl/N-ethyl adjacent to an activating group) is 1. The summed E-state index contributed by atoms with van der Waals surface area (Å²) in [5, 5.41) is 2.73. The Hall–Kier alpha value is -1.66. The Morgan fingerprint density at radius 1 is 1.57 bits per heavy atom. The van der Waals surface area contributed by atoms with Crippen molar-refractivity contribution in [2.75, 3.05) is 20.7 Å². The van der Waals surface area contributed by atoms with E-state index in [1.54, 1.807) is 14.2 Å². The zero-order chi connectivity index (χ0) is 15.4. The molecule has 1 heterocycles. The van der Waals surface area contributed by atoms with Gasteiger partial charge < -0.3 is 15.8 Å². The molecule has 1 aliphatic heterocycles. The number of rotatable bonds is 5. The van der Waals surface area contributed by atoms with Gasteiger partial charge in [0.1, 0.15) is 10.7 Å². The molecule has 0 aromatic heterocycles. The molecule has 1 amide bonds. The van der Waals surface area contributed by atoms with Crippen molar-refractivity contribution >= 4 is 23.1 Å². The van der Waals surface area contributed by atoms with Crippen LogP contribution in [0.2, 0.25) is 0 Å². The monoisotopic (exact) mass is 307 g/mol. The van der Waals surface area contributed by atoms with Gasteiger partial charge >= 0.3 is 0 Å². The van der Waals surface area contributed by atoms with Crippen molar-refractivity contribution in [2.45, 2.75) is 25.4 Å². The lowest BCUT2D eigenvalue weighted by atomic mass is 10.1. The number of hydrogen-bond donors (Lipinski definition) is 2. The molecule has 114 valence electrons. The van der Waals surface area contributed by atoms with Crippen LogP contribution in [0.1, 0.15) is 24.0 Å². The van der Waals surface area contributed by atoms with E-state index >= 15 is 0 Å². The van der Waals surface area contributed by atoms with Crippen molar-refractivity contribution < 1.29 is 9.53 Å². The molecule has 1 atom stereocenters. The first-order valence-electron chi connectivity index (χ1n) is 6.99. The summed E-state index contributed by atoms with van der Waals surface area (Å²) in [6.45, 7) is 1.55. The summed E-state index contributed by atoms with van der Waals surface area (Å²) in [6.07, 6.45) is 1.91. The van der Waals surface area contributed by atoms with E-state index in [1.807, 2.05) is 18.2 Å². The highest BCUT2D eigenvalue weighted by Crippen LogP contribution is 2.26. The van der Waals surface area contributed by atoms with Crippen molar-refractivity contribution in [3.63, 3.8) is 0 Å². The second-order valence-electron chi connectivity index (χ2n) is 5.13. The van der Waals surface area contributed by atoms with Crippen LogP contribution in [0, 0.1) is 0 Å². The summed E-state index contributed by atoms with van der Waals surface area (Å²) in [4.78, 5) is 14.5. The quantitative estimate of drug-likeness (QED) is 0.796. The van der Waals surface area contributed by atoms with Crippen LogP contribution in [0.4, 0.5) is 0 Å². The highest BCUT2D eigenvalue weighted by atomic mass is 32.1. The van der Waals surface area contributed by atoms with Gasteiger partial charge in [0.25, 0.3) is 0 Å². The molecule has 0 bridgehead atoms. The number of nitrogens with two attached hydrogens (primary N) is 1. The predicted octanol–water partition coefficient (Wildman–Crippen LogP) is 1.04. The summed E-state index contributed by atoms with van der Waals surface area (Å²) >= 11 is 5.03. The van der Waals surface area contributed by atoms with E-state index in [1.165, 1.54) is 0 Å². The van der Waals surface area contributed by atoms with E-state index in [4.69, 9.17) is 22.7 Å². The topological polar surface area (TPSA) is 67.6 Å². The second kappa shape index (κ2) is 6.87. The predicted molar refractivity (Wildman–Crippen MR) is 86.4 cm³/mol. The summed E-state index contributed by atoms with van der Waals surface area (Å²) in [6, 6.07) is 5.59. The zero-order valence-electron chi connectivity index (χ0n) is 12.4. The van der Waals surface area contributed by atoms with Gasteiger partial charge in [-0.3, -0.25) is 9.69 Å². The lowest BCUT2D eigenvalue weighted by molar-refractivity contribution is -0.125. The van der Waals surface area contributed by atoms with Crippen LogP contribution in [0.3, 0.4) is 0 Å². The summed E-state index contributed by atoms with van der Waals surface area (Å²) in [5.74, 6) is 0.856. The Labute approximate surface area is 130 Å². The third-order valence-corrected chi connectivity index (χ3v) is 4.09. The summed E-state index contributed by atoms with van der Waals surface area (Å²) in [7, 11) is 3.31. The maximum absolute atomic E-state index is 11.9. The van der Waals surface area contributed by atoms with Crippen LogP contribution in [0.15, 0.2) is 18.2 Å². The number of carbonyl (C=O) groups excluding carboxylic acids is 1. The van der Waals surface area contributed by atoms with Gasteiger partial charge in [-0.25, -0.2) is 0 Å². The van der Waals surface area contributed by atoms with Crippen LogP contribution >= 0.6 is 12.2 Å². The Balaban J connectivity index is 2.23. The van der Waals surface area contributed by atoms with Crippen molar-refractivity contribution in [2.24, 2.45) is 5.73 Å². The Morgan fingerprint density at radius 2 is 2.33 bits per heavy atom. The number of nitrogens with one attached hydrogen (secondary N) is 1. The maximum Gasteiger partial charge on any atom is 0.237 e. The molecule has 21 heavy (non-hydrogen) atoms. The molecular formula is C15H21N3O2S. The molecule has 6 heteroatoms. The first kappa shape index (κ1) is 15.7. The lowest BCUT2D eigenvalue weighted by Gasteiger charge is -2.24. The minimum absolute atomic E-state index is 0.0666. The number of thiocarbonyl (C=S) groups is 1. The van der Waals surface area contributed by atoms with E-state index in [9.17, 15) is 4.79 Å². The maximum atomic E-state index is 11.9. The molecule has 1 aliphatic rings. The van der Waals surface area contributed by atoms with Gasteiger partial charge in [-0.05, 0) is 37.6 Å². The van der Waals surface area contributed by atoms with Gasteiger partial charge in [0, 0.05) is 24.7 Å². The van der Waals surface area contributed by atoms with E-state index in [2.05, 4.69) is 10.2 Å². The van der Waals surface area contributed by atoms with Gasteiger partial charge in [0.2, 0.25) is 5.91 Å². The fraction of sp³-hybridized carbons (Fsp3) is 0.467. The zero-order valence-corrected chi connectivity index (χ0v) is 13.2. The smallest absolute Gasteiger partial charge is 0.237 e. The minimum atomic E-state index is -0.0757. The van der Waals surface area contributed by atoms with Crippen LogP contribution in [-0.2, 0) is 11.3 Å². The number of benzene rings is 1. The number of carbonyl (C=O) groups is 1. The first-order chi connectivity index (χ1) is 10.1. The van der Waals surface area contributed by atoms with Crippen LogP contribution < -0.4 is 15.8 Å². The molecule has 0 spiro atoms. The van der Waals surface area contributed by atoms with Crippen molar-refractivity contribution in [1.82, 2.24) is 10.2 Å². The summed E-state index contributed by atoms with van der Waals surface area (Å²) < 4.78 is 5.40.